The fourth-order valence-electron chi connectivity index (χ4n) is 4.11. The van der Waals surface area contributed by atoms with Gasteiger partial charge in [0.2, 0.25) is 5.91 Å². The summed E-state index contributed by atoms with van der Waals surface area (Å²) in [7, 11) is 0. The van der Waals surface area contributed by atoms with Gasteiger partial charge in [-0.3, -0.25) is 9.59 Å². The zero-order valence-corrected chi connectivity index (χ0v) is 17.6. The van der Waals surface area contributed by atoms with Crippen molar-refractivity contribution in [2.75, 3.05) is 13.2 Å². The molecule has 0 bridgehead atoms. The molecule has 0 radical (unpaired) electrons. The molecule has 2 aliphatic rings. The molecule has 6 heteroatoms. The highest BCUT2D eigenvalue weighted by atomic mass is 16.5. The van der Waals surface area contributed by atoms with Gasteiger partial charge < -0.3 is 19.4 Å². The lowest BCUT2D eigenvalue weighted by Gasteiger charge is -2.17. The number of hydrogen-bond donors (Lipinski definition) is 1. The molecule has 1 unspecified atom stereocenters. The van der Waals surface area contributed by atoms with Crippen molar-refractivity contribution in [1.82, 2.24) is 9.88 Å². The zero-order chi connectivity index (χ0) is 21.4. The zero-order valence-electron chi connectivity index (χ0n) is 17.6. The largest absolute Gasteiger partial charge is 0.490 e. The van der Waals surface area contributed by atoms with E-state index in [-0.39, 0.29) is 30.2 Å². The molecule has 1 N–H and O–H groups in total. The molecule has 6 nitrogen and oxygen atoms in total. The highest BCUT2D eigenvalue weighted by Gasteiger charge is 2.32. The predicted molar refractivity (Wildman–Crippen MR) is 118 cm³/mol. The van der Waals surface area contributed by atoms with E-state index in [2.05, 4.69) is 5.32 Å². The fraction of sp³-hybridized carbons (Fsp3) is 0.360. The molecule has 3 aromatic rings. The van der Waals surface area contributed by atoms with E-state index in [9.17, 15) is 9.59 Å². The Morgan fingerprint density at radius 1 is 1.10 bits per heavy atom. The van der Waals surface area contributed by atoms with Crippen LogP contribution in [0.3, 0.4) is 0 Å². The van der Waals surface area contributed by atoms with Crippen molar-refractivity contribution in [3.8, 4) is 11.5 Å². The van der Waals surface area contributed by atoms with Crippen LogP contribution in [0.1, 0.15) is 48.1 Å². The molecule has 160 valence electrons. The number of rotatable bonds is 6. The SMILES string of the molecule is CC(NC(=O)Cn1cc(C(=O)C2CC2)c2ccccc21)c1ccc2c(c1)OCCCO2. The normalized spacial score (nSPS) is 16.5. The lowest BCUT2D eigenvalue weighted by Crippen LogP contribution is -2.30. The third-order valence-corrected chi connectivity index (χ3v) is 5.97. The van der Waals surface area contributed by atoms with Gasteiger partial charge in [0.25, 0.3) is 0 Å². The average molecular weight is 418 g/mol. The maximum atomic E-state index is 12.8. The molecule has 31 heavy (non-hydrogen) atoms. The van der Waals surface area contributed by atoms with Gasteiger partial charge in [-0.25, -0.2) is 0 Å². The minimum absolute atomic E-state index is 0.106. The highest BCUT2D eigenvalue weighted by molar-refractivity contribution is 6.10. The summed E-state index contributed by atoms with van der Waals surface area (Å²) in [5.41, 5.74) is 2.59. The second-order valence-corrected chi connectivity index (χ2v) is 8.37. The monoisotopic (exact) mass is 418 g/mol. The first-order valence-electron chi connectivity index (χ1n) is 10.9. The van der Waals surface area contributed by atoms with Gasteiger partial charge in [0.05, 0.1) is 19.3 Å². The lowest BCUT2D eigenvalue weighted by molar-refractivity contribution is -0.122. The Labute approximate surface area is 181 Å². The molecule has 2 aromatic carbocycles. The number of ether oxygens (including phenoxy) is 2. The van der Waals surface area contributed by atoms with Crippen LogP contribution in [0.2, 0.25) is 0 Å². The van der Waals surface area contributed by atoms with Crippen LogP contribution in [-0.4, -0.2) is 29.5 Å². The highest BCUT2D eigenvalue weighted by Crippen LogP contribution is 2.35. The van der Waals surface area contributed by atoms with E-state index in [0.29, 0.717) is 13.2 Å². The first-order valence-corrected chi connectivity index (χ1v) is 10.9. The lowest BCUT2D eigenvalue weighted by atomic mass is 10.1. The Morgan fingerprint density at radius 3 is 2.68 bits per heavy atom. The minimum Gasteiger partial charge on any atom is -0.490 e. The van der Waals surface area contributed by atoms with Gasteiger partial charge in [-0.15, -0.1) is 0 Å². The van der Waals surface area contributed by atoms with Gasteiger partial charge in [0, 0.05) is 35.0 Å². The van der Waals surface area contributed by atoms with Crippen LogP contribution in [0.4, 0.5) is 0 Å². The van der Waals surface area contributed by atoms with E-state index in [1.807, 2.05) is 60.2 Å². The molecule has 0 saturated heterocycles. The molecule has 1 fully saturated rings. The Bertz CT molecular complexity index is 1150. The van der Waals surface area contributed by atoms with Crippen molar-refractivity contribution >= 4 is 22.6 Å². The number of amides is 1. The number of fused-ring (bicyclic) bond motifs is 2. The first kappa shape index (κ1) is 19.7. The van der Waals surface area contributed by atoms with Crippen LogP contribution in [0.15, 0.2) is 48.7 Å². The van der Waals surface area contributed by atoms with Gasteiger partial charge in [-0.05, 0) is 43.5 Å². The van der Waals surface area contributed by atoms with Gasteiger partial charge >= 0.3 is 0 Å². The molecule has 1 aromatic heterocycles. The predicted octanol–water partition coefficient (Wildman–Crippen LogP) is 4.27. The molecule has 1 amide bonds. The number of Topliss-reactive ketones (excluding diaryl/α,β-unsaturated/α-hetero) is 1. The molecule has 1 atom stereocenters. The van der Waals surface area contributed by atoms with E-state index in [1.54, 1.807) is 0 Å². The standard InChI is InChI=1S/C25H26N2O4/c1-16(18-9-10-22-23(13-18)31-12-4-11-30-22)26-24(28)15-27-14-20(25(29)17-7-8-17)19-5-2-3-6-21(19)27/h2-3,5-6,9-10,13-14,16-17H,4,7-8,11-12,15H2,1H3,(H,26,28). The van der Waals surface area contributed by atoms with Crippen molar-refractivity contribution in [3.05, 3.63) is 59.8 Å². The summed E-state index contributed by atoms with van der Waals surface area (Å²) in [6.45, 7) is 3.38. The number of para-hydroxylation sites is 1. The van der Waals surface area contributed by atoms with E-state index >= 15 is 0 Å². The average Bonchev–Trinajstić information content (AvgIpc) is 3.59. The number of carbonyl (C=O) groups is 2. The van der Waals surface area contributed by atoms with Gasteiger partial charge in [0.1, 0.15) is 6.54 Å². The van der Waals surface area contributed by atoms with E-state index in [1.165, 1.54) is 0 Å². The van der Waals surface area contributed by atoms with Crippen LogP contribution in [0, 0.1) is 5.92 Å². The number of aromatic nitrogens is 1. The Hall–Kier alpha value is -3.28. The summed E-state index contributed by atoms with van der Waals surface area (Å²) in [5, 5.41) is 3.98. The molecule has 5 rings (SSSR count). The number of ketones is 1. The fourth-order valence-corrected chi connectivity index (χ4v) is 4.11. The number of carbonyl (C=O) groups excluding carboxylic acids is 2. The number of nitrogens with zero attached hydrogens (tertiary/aromatic N) is 1. The summed E-state index contributed by atoms with van der Waals surface area (Å²) in [6, 6.07) is 13.4. The Kier molecular flexibility index (Phi) is 5.14. The van der Waals surface area contributed by atoms with Crippen molar-refractivity contribution < 1.29 is 19.1 Å². The molecule has 1 aliphatic heterocycles. The quantitative estimate of drug-likeness (QED) is 0.607. The molecule has 1 saturated carbocycles. The van der Waals surface area contributed by atoms with Crippen molar-refractivity contribution in [2.24, 2.45) is 5.92 Å². The second kappa shape index (κ2) is 8.10. The van der Waals surface area contributed by atoms with Crippen molar-refractivity contribution in [2.45, 2.75) is 38.8 Å². The maximum absolute atomic E-state index is 12.8. The van der Waals surface area contributed by atoms with Gasteiger partial charge in [-0.2, -0.15) is 0 Å². The van der Waals surface area contributed by atoms with Crippen molar-refractivity contribution in [3.63, 3.8) is 0 Å². The van der Waals surface area contributed by atoms with Crippen molar-refractivity contribution in [1.29, 1.82) is 0 Å². The smallest absolute Gasteiger partial charge is 0.240 e. The topological polar surface area (TPSA) is 69.6 Å². The van der Waals surface area contributed by atoms with Crippen LogP contribution in [-0.2, 0) is 11.3 Å². The molecule has 0 spiro atoms. The molecular formula is C25H26N2O4. The van der Waals surface area contributed by atoms with Crippen LogP contribution in [0.25, 0.3) is 10.9 Å². The van der Waals surface area contributed by atoms with Crippen LogP contribution in [0.5, 0.6) is 11.5 Å². The summed E-state index contributed by atoms with van der Waals surface area (Å²) in [5.74, 6) is 1.69. The van der Waals surface area contributed by atoms with Gasteiger partial charge in [-0.1, -0.05) is 24.3 Å². The molecular weight excluding hydrogens is 392 g/mol. The summed E-state index contributed by atoms with van der Waals surface area (Å²) in [6.07, 6.45) is 4.62. The van der Waals surface area contributed by atoms with E-state index < -0.39 is 0 Å². The minimum atomic E-state index is -0.181. The van der Waals surface area contributed by atoms with Gasteiger partial charge in [0.15, 0.2) is 17.3 Å². The summed E-state index contributed by atoms with van der Waals surface area (Å²) >= 11 is 0. The Balaban J connectivity index is 1.32. The summed E-state index contributed by atoms with van der Waals surface area (Å²) in [4.78, 5) is 25.5. The van der Waals surface area contributed by atoms with E-state index in [4.69, 9.17) is 9.47 Å². The number of benzene rings is 2. The number of nitrogens with one attached hydrogen (secondary N) is 1. The molecule has 2 heterocycles. The van der Waals surface area contributed by atoms with Crippen LogP contribution >= 0.6 is 0 Å². The van der Waals surface area contributed by atoms with Crippen LogP contribution < -0.4 is 14.8 Å². The second-order valence-electron chi connectivity index (χ2n) is 8.37. The number of hydrogen-bond acceptors (Lipinski definition) is 4. The first-order chi connectivity index (χ1) is 15.1. The molecule has 1 aliphatic carbocycles. The maximum Gasteiger partial charge on any atom is 0.240 e. The summed E-state index contributed by atoms with van der Waals surface area (Å²) < 4.78 is 13.3. The Morgan fingerprint density at radius 2 is 1.87 bits per heavy atom. The van der Waals surface area contributed by atoms with E-state index in [0.717, 1.165) is 52.8 Å². The third kappa shape index (κ3) is 4.02. The third-order valence-electron chi connectivity index (χ3n) is 5.97.